The number of carbonyl (C=O) groups is 1. The van der Waals surface area contributed by atoms with Crippen molar-refractivity contribution in [1.29, 1.82) is 0 Å². The fourth-order valence-corrected chi connectivity index (χ4v) is 1.84. The summed E-state index contributed by atoms with van der Waals surface area (Å²) in [6, 6.07) is 8.73. The molecule has 0 unspecified atom stereocenters. The minimum Gasteiger partial charge on any atom is -0.486 e. The molecule has 1 aromatic carbocycles. The minimum atomic E-state index is -0.103. The zero-order valence-electron chi connectivity index (χ0n) is 10.2. The van der Waals surface area contributed by atoms with Crippen LogP contribution in [0.4, 0.5) is 0 Å². The van der Waals surface area contributed by atoms with Crippen LogP contribution in [-0.2, 0) is 0 Å². The van der Waals surface area contributed by atoms with Crippen molar-refractivity contribution >= 4 is 11.9 Å². The van der Waals surface area contributed by atoms with E-state index in [2.05, 4.69) is 0 Å². The maximum absolute atomic E-state index is 12.0. The largest absolute Gasteiger partial charge is 0.486 e. The van der Waals surface area contributed by atoms with Crippen LogP contribution in [-0.4, -0.2) is 19.0 Å². The number of fused-ring (bicyclic) bond motifs is 1. The molecule has 19 heavy (non-hydrogen) atoms. The molecule has 4 heteroatoms. The van der Waals surface area contributed by atoms with Gasteiger partial charge in [-0.1, -0.05) is 0 Å². The van der Waals surface area contributed by atoms with Crippen molar-refractivity contribution in [2.45, 2.75) is 0 Å². The maximum atomic E-state index is 12.0. The molecule has 1 aliphatic rings. The zero-order valence-corrected chi connectivity index (χ0v) is 10.2. The third-order valence-electron chi connectivity index (χ3n) is 2.77. The van der Waals surface area contributed by atoms with Crippen LogP contribution in [0.25, 0.3) is 6.08 Å². The molecular formula is C15H12O4. The van der Waals surface area contributed by atoms with Gasteiger partial charge >= 0.3 is 0 Å². The van der Waals surface area contributed by atoms with Crippen molar-refractivity contribution < 1.29 is 18.7 Å². The Morgan fingerprint density at radius 3 is 2.74 bits per heavy atom. The topological polar surface area (TPSA) is 48.7 Å². The predicted octanol–water partition coefficient (Wildman–Crippen LogP) is 2.95. The van der Waals surface area contributed by atoms with Crippen molar-refractivity contribution in [2.24, 2.45) is 0 Å². The third-order valence-corrected chi connectivity index (χ3v) is 2.77. The van der Waals surface area contributed by atoms with Gasteiger partial charge in [-0.3, -0.25) is 4.79 Å². The van der Waals surface area contributed by atoms with Crippen LogP contribution in [0, 0.1) is 0 Å². The maximum Gasteiger partial charge on any atom is 0.186 e. The van der Waals surface area contributed by atoms with Gasteiger partial charge < -0.3 is 13.9 Å². The molecule has 0 saturated carbocycles. The molecule has 0 spiro atoms. The Morgan fingerprint density at radius 2 is 1.95 bits per heavy atom. The molecule has 1 aromatic heterocycles. The molecule has 0 aliphatic carbocycles. The van der Waals surface area contributed by atoms with Crippen molar-refractivity contribution in [2.75, 3.05) is 13.2 Å². The van der Waals surface area contributed by atoms with Crippen molar-refractivity contribution in [3.05, 3.63) is 54.0 Å². The molecule has 0 atom stereocenters. The lowest BCUT2D eigenvalue weighted by molar-refractivity contribution is 0.104. The van der Waals surface area contributed by atoms with Crippen molar-refractivity contribution in [3.8, 4) is 11.5 Å². The molecule has 4 nitrogen and oxygen atoms in total. The van der Waals surface area contributed by atoms with E-state index < -0.39 is 0 Å². The van der Waals surface area contributed by atoms with Gasteiger partial charge in [0.1, 0.15) is 19.0 Å². The van der Waals surface area contributed by atoms with Gasteiger partial charge in [0.25, 0.3) is 0 Å². The summed E-state index contributed by atoms with van der Waals surface area (Å²) in [6.45, 7) is 1.05. The molecule has 0 amide bonds. The second kappa shape index (κ2) is 5.02. The number of furan rings is 1. The molecule has 0 fully saturated rings. The average molecular weight is 256 g/mol. The van der Waals surface area contributed by atoms with Crippen LogP contribution < -0.4 is 9.47 Å². The summed E-state index contributed by atoms with van der Waals surface area (Å²) in [5.74, 6) is 1.83. The number of carbonyl (C=O) groups excluding carboxylic acids is 1. The highest BCUT2D eigenvalue weighted by molar-refractivity contribution is 6.07. The first-order valence-electron chi connectivity index (χ1n) is 5.98. The Bertz CT molecular complexity index is 611. The quantitative estimate of drug-likeness (QED) is 0.625. The first-order valence-corrected chi connectivity index (χ1v) is 5.98. The van der Waals surface area contributed by atoms with Crippen LogP contribution in [0.1, 0.15) is 16.1 Å². The van der Waals surface area contributed by atoms with E-state index in [9.17, 15) is 4.79 Å². The average Bonchev–Trinajstić information content (AvgIpc) is 2.97. The Labute approximate surface area is 110 Å². The highest BCUT2D eigenvalue weighted by Crippen LogP contribution is 2.30. The first kappa shape index (κ1) is 11.6. The summed E-state index contributed by atoms with van der Waals surface area (Å²) >= 11 is 0. The second-order valence-corrected chi connectivity index (χ2v) is 4.07. The normalized spacial score (nSPS) is 13.7. The van der Waals surface area contributed by atoms with Gasteiger partial charge in [-0.25, -0.2) is 0 Å². The lowest BCUT2D eigenvalue weighted by atomic mass is 10.1. The molecule has 1 aliphatic heterocycles. The van der Waals surface area contributed by atoms with E-state index >= 15 is 0 Å². The number of ether oxygens (including phenoxy) is 2. The van der Waals surface area contributed by atoms with Gasteiger partial charge in [0.2, 0.25) is 0 Å². The van der Waals surface area contributed by atoms with E-state index in [0.29, 0.717) is 36.0 Å². The van der Waals surface area contributed by atoms with Gasteiger partial charge in [-0.05, 0) is 42.5 Å². The summed E-state index contributed by atoms with van der Waals surface area (Å²) in [5, 5.41) is 0. The van der Waals surface area contributed by atoms with E-state index in [4.69, 9.17) is 13.9 Å². The van der Waals surface area contributed by atoms with Gasteiger partial charge in [-0.2, -0.15) is 0 Å². The van der Waals surface area contributed by atoms with Gasteiger partial charge in [0.15, 0.2) is 17.3 Å². The number of ketones is 1. The van der Waals surface area contributed by atoms with E-state index in [1.54, 1.807) is 42.7 Å². The molecule has 0 bridgehead atoms. The van der Waals surface area contributed by atoms with Crippen LogP contribution in [0.3, 0.4) is 0 Å². The fraction of sp³-hybridized carbons (Fsp3) is 0.133. The molecule has 2 aromatic rings. The smallest absolute Gasteiger partial charge is 0.186 e. The van der Waals surface area contributed by atoms with E-state index in [1.165, 1.54) is 6.08 Å². The van der Waals surface area contributed by atoms with E-state index in [-0.39, 0.29) is 5.78 Å². The summed E-state index contributed by atoms with van der Waals surface area (Å²) in [7, 11) is 0. The van der Waals surface area contributed by atoms with Crippen molar-refractivity contribution in [1.82, 2.24) is 0 Å². The van der Waals surface area contributed by atoms with Gasteiger partial charge in [-0.15, -0.1) is 0 Å². The lowest BCUT2D eigenvalue weighted by Crippen LogP contribution is -2.15. The summed E-state index contributed by atoms with van der Waals surface area (Å²) in [4.78, 5) is 12.0. The molecule has 3 rings (SSSR count). The van der Waals surface area contributed by atoms with Crippen LogP contribution >= 0.6 is 0 Å². The summed E-state index contributed by atoms with van der Waals surface area (Å²) in [5.41, 5.74) is 0.562. The fourth-order valence-electron chi connectivity index (χ4n) is 1.84. The van der Waals surface area contributed by atoms with Gasteiger partial charge in [0, 0.05) is 5.56 Å². The van der Waals surface area contributed by atoms with Crippen LogP contribution in [0.15, 0.2) is 47.1 Å². The number of hydrogen-bond donors (Lipinski definition) is 0. The Balaban J connectivity index is 1.80. The SMILES string of the molecule is O=C(/C=C/c1ccco1)c1ccc2c(c1)OCCO2. The number of rotatable bonds is 3. The predicted molar refractivity (Wildman–Crippen MR) is 69.5 cm³/mol. The van der Waals surface area contributed by atoms with E-state index in [1.807, 2.05) is 0 Å². The molecule has 0 N–H and O–H groups in total. The third kappa shape index (κ3) is 2.52. The second-order valence-electron chi connectivity index (χ2n) is 4.07. The Kier molecular flexibility index (Phi) is 3.06. The lowest BCUT2D eigenvalue weighted by Gasteiger charge is -2.18. The molecule has 0 radical (unpaired) electrons. The number of allylic oxidation sites excluding steroid dienone is 1. The molecular weight excluding hydrogens is 244 g/mol. The Hall–Kier alpha value is -2.49. The molecule has 2 heterocycles. The zero-order chi connectivity index (χ0) is 13.1. The number of benzene rings is 1. The van der Waals surface area contributed by atoms with Crippen LogP contribution in [0.5, 0.6) is 11.5 Å². The first-order chi connectivity index (χ1) is 9.33. The highest BCUT2D eigenvalue weighted by Gasteiger charge is 2.13. The summed E-state index contributed by atoms with van der Waals surface area (Å²) < 4.78 is 16.0. The standard InChI is InChI=1S/C15H12O4/c16-13(5-4-12-2-1-7-17-12)11-3-6-14-15(10-11)19-9-8-18-14/h1-7,10H,8-9H2/b5-4+. The monoisotopic (exact) mass is 256 g/mol. The van der Waals surface area contributed by atoms with Gasteiger partial charge in [0.05, 0.1) is 6.26 Å². The van der Waals surface area contributed by atoms with Crippen molar-refractivity contribution in [3.63, 3.8) is 0 Å². The van der Waals surface area contributed by atoms with E-state index in [0.717, 1.165) is 0 Å². The molecule has 0 saturated heterocycles. The van der Waals surface area contributed by atoms with Crippen LogP contribution in [0.2, 0.25) is 0 Å². The summed E-state index contributed by atoms with van der Waals surface area (Å²) in [6.07, 6.45) is 4.68. The minimum absolute atomic E-state index is 0.103. The molecule has 96 valence electrons. The number of hydrogen-bond acceptors (Lipinski definition) is 4. The Morgan fingerprint density at radius 1 is 1.11 bits per heavy atom. The highest BCUT2D eigenvalue weighted by atomic mass is 16.6.